The van der Waals surface area contributed by atoms with Gasteiger partial charge in [-0.3, -0.25) is 0 Å². The molecule has 1 saturated carbocycles. The molecule has 1 aliphatic rings. The number of benzene rings is 1. The summed E-state index contributed by atoms with van der Waals surface area (Å²) in [6.07, 6.45) is 5.54. The summed E-state index contributed by atoms with van der Waals surface area (Å²) in [6.45, 7) is 4.16. The highest BCUT2D eigenvalue weighted by Crippen LogP contribution is 2.41. The Labute approximate surface area is 133 Å². The molecule has 0 aliphatic heterocycles. The molecule has 0 heterocycles. The minimum atomic E-state index is -1.39. The number of rotatable bonds is 5. The van der Waals surface area contributed by atoms with E-state index in [0.29, 0.717) is 6.42 Å². The number of methoxy groups -OCH3 is 1. The normalized spacial score (nSPS) is 19.5. The third kappa shape index (κ3) is 3.52. The van der Waals surface area contributed by atoms with Crippen LogP contribution in [0.1, 0.15) is 57.9 Å². The van der Waals surface area contributed by atoms with Gasteiger partial charge in [-0.25, -0.2) is 4.79 Å². The lowest BCUT2D eigenvalue weighted by atomic mass is 9.67. The molecular formula is C19H28O3. The lowest BCUT2D eigenvalue weighted by Gasteiger charge is -2.41. The molecule has 22 heavy (non-hydrogen) atoms. The van der Waals surface area contributed by atoms with Crippen LogP contribution >= 0.6 is 0 Å². The van der Waals surface area contributed by atoms with Crippen molar-refractivity contribution in [3.8, 4) is 0 Å². The first-order chi connectivity index (χ1) is 10.4. The molecule has 122 valence electrons. The summed E-state index contributed by atoms with van der Waals surface area (Å²) in [7, 11) is 1.37. The molecule has 1 atom stereocenters. The van der Waals surface area contributed by atoms with E-state index in [-0.39, 0.29) is 11.3 Å². The van der Waals surface area contributed by atoms with Crippen molar-refractivity contribution in [2.75, 3.05) is 7.11 Å². The summed E-state index contributed by atoms with van der Waals surface area (Å²) >= 11 is 0. The van der Waals surface area contributed by atoms with Crippen LogP contribution in [0.2, 0.25) is 0 Å². The van der Waals surface area contributed by atoms with Gasteiger partial charge in [0.25, 0.3) is 0 Å². The molecule has 0 radical (unpaired) electrons. The molecule has 1 aromatic carbocycles. The first-order valence-electron chi connectivity index (χ1n) is 8.26. The summed E-state index contributed by atoms with van der Waals surface area (Å²) in [5.74, 6) is -0.486. The predicted octanol–water partition coefficient (Wildman–Crippen LogP) is 3.84. The molecule has 0 spiro atoms. The Morgan fingerprint density at radius 2 is 1.77 bits per heavy atom. The van der Waals surface area contributed by atoms with Gasteiger partial charge in [-0.05, 0) is 36.2 Å². The van der Waals surface area contributed by atoms with Crippen LogP contribution in [0.4, 0.5) is 0 Å². The van der Waals surface area contributed by atoms with E-state index in [9.17, 15) is 9.90 Å². The van der Waals surface area contributed by atoms with Gasteiger partial charge in [-0.2, -0.15) is 0 Å². The van der Waals surface area contributed by atoms with Gasteiger partial charge < -0.3 is 9.84 Å². The molecule has 1 unspecified atom stereocenters. The molecule has 1 aromatic rings. The Balaban J connectivity index is 2.28. The van der Waals surface area contributed by atoms with Crippen LogP contribution < -0.4 is 0 Å². The summed E-state index contributed by atoms with van der Waals surface area (Å²) in [6, 6.07) is 10.1. The van der Waals surface area contributed by atoms with Crippen LogP contribution in [-0.4, -0.2) is 23.8 Å². The summed E-state index contributed by atoms with van der Waals surface area (Å²) in [4.78, 5) is 12.4. The van der Waals surface area contributed by atoms with Crippen molar-refractivity contribution in [1.29, 1.82) is 0 Å². The number of esters is 1. The van der Waals surface area contributed by atoms with Crippen LogP contribution in [0, 0.1) is 5.92 Å². The van der Waals surface area contributed by atoms with Gasteiger partial charge in [-0.1, -0.05) is 63.4 Å². The second-order valence-corrected chi connectivity index (χ2v) is 7.18. The molecular weight excluding hydrogens is 276 g/mol. The van der Waals surface area contributed by atoms with E-state index < -0.39 is 11.6 Å². The molecule has 1 fully saturated rings. The van der Waals surface area contributed by atoms with Crippen LogP contribution in [0.3, 0.4) is 0 Å². The van der Waals surface area contributed by atoms with Crippen LogP contribution in [0.25, 0.3) is 0 Å². The smallest absolute Gasteiger partial charge is 0.338 e. The minimum Gasteiger partial charge on any atom is -0.467 e. The largest absolute Gasteiger partial charge is 0.467 e. The fourth-order valence-corrected chi connectivity index (χ4v) is 3.81. The van der Waals surface area contributed by atoms with E-state index in [1.807, 2.05) is 18.2 Å². The minimum absolute atomic E-state index is 0.00307. The SMILES string of the molecule is COC(=O)C(O)(CC(C)(C)c1ccccc1)C1CCCCC1. The average molecular weight is 304 g/mol. The van der Waals surface area contributed by atoms with E-state index >= 15 is 0 Å². The molecule has 2 rings (SSSR count). The van der Waals surface area contributed by atoms with Gasteiger partial charge >= 0.3 is 5.97 Å². The summed E-state index contributed by atoms with van der Waals surface area (Å²) in [5, 5.41) is 11.2. The Morgan fingerprint density at radius 1 is 1.18 bits per heavy atom. The standard InChI is InChI=1S/C19H28O3/c1-18(2,15-10-6-4-7-11-15)14-19(21,17(20)22-3)16-12-8-5-9-13-16/h4,6-7,10-11,16,21H,5,8-9,12-14H2,1-3H3. The Morgan fingerprint density at radius 3 is 2.32 bits per heavy atom. The van der Waals surface area contributed by atoms with Crippen molar-refractivity contribution in [1.82, 2.24) is 0 Å². The van der Waals surface area contributed by atoms with E-state index in [2.05, 4.69) is 26.0 Å². The molecule has 0 bridgehead atoms. The Bertz CT molecular complexity index is 489. The van der Waals surface area contributed by atoms with Crippen LogP contribution in [0.5, 0.6) is 0 Å². The highest BCUT2D eigenvalue weighted by molar-refractivity contribution is 5.79. The molecule has 3 heteroatoms. The van der Waals surface area contributed by atoms with Gasteiger partial charge in [0.15, 0.2) is 5.60 Å². The van der Waals surface area contributed by atoms with E-state index in [4.69, 9.17) is 4.74 Å². The van der Waals surface area contributed by atoms with Gasteiger partial charge in [0.1, 0.15) is 0 Å². The van der Waals surface area contributed by atoms with Gasteiger partial charge in [0, 0.05) is 0 Å². The van der Waals surface area contributed by atoms with Crippen molar-refractivity contribution in [3.05, 3.63) is 35.9 Å². The third-order valence-corrected chi connectivity index (χ3v) is 5.09. The number of hydrogen-bond donors (Lipinski definition) is 1. The number of ether oxygens (including phenoxy) is 1. The maximum Gasteiger partial charge on any atom is 0.338 e. The number of hydrogen-bond acceptors (Lipinski definition) is 3. The first kappa shape index (κ1) is 17.0. The topological polar surface area (TPSA) is 46.5 Å². The van der Waals surface area contributed by atoms with Crippen molar-refractivity contribution in [2.45, 2.75) is 63.4 Å². The highest BCUT2D eigenvalue weighted by atomic mass is 16.5. The lowest BCUT2D eigenvalue weighted by molar-refractivity contribution is -0.173. The summed E-state index contributed by atoms with van der Waals surface area (Å²) < 4.78 is 4.96. The monoisotopic (exact) mass is 304 g/mol. The third-order valence-electron chi connectivity index (χ3n) is 5.09. The number of carbonyl (C=O) groups is 1. The highest BCUT2D eigenvalue weighted by Gasteiger charge is 2.48. The zero-order valence-electron chi connectivity index (χ0n) is 14.0. The lowest BCUT2D eigenvalue weighted by Crippen LogP contribution is -2.51. The predicted molar refractivity (Wildman–Crippen MR) is 87.6 cm³/mol. The quantitative estimate of drug-likeness (QED) is 0.841. The molecule has 0 saturated heterocycles. The van der Waals surface area contributed by atoms with E-state index in [1.165, 1.54) is 13.5 Å². The van der Waals surface area contributed by atoms with Crippen molar-refractivity contribution < 1.29 is 14.6 Å². The molecule has 1 N–H and O–H groups in total. The zero-order chi connectivity index (χ0) is 16.2. The fourth-order valence-electron chi connectivity index (χ4n) is 3.81. The van der Waals surface area contributed by atoms with Crippen LogP contribution in [-0.2, 0) is 14.9 Å². The fraction of sp³-hybridized carbons (Fsp3) is 0.632. The van der Waals surface area contributed by atoms with E-state index in [0.717, 1.165) is 31.2 Å². The second-order valence-electron chi connectivity index (χ2n) is 7.18. The van der Waals surface area contributed by atoms with Gasteiger partial charge in [-0.15, -0.1) is 0 Å². The average Bonchev–Trinajstić information content (AvgIpc) is 2.55. The molecule has 0 amide bonds. The van der Waals surface area contributed by atoms with E-state index in [1.54, 1.807) is 0 Å². The van der Waals surface area contributed by atoms with Gasteiger partial charge in [0.2, 0.25) is 0 Å². The van der Waals surface area contributed by atoms with Crippen LogP contribution in [0.15, 0.2) is 30.3 Å². The number of carbonyl (C=O) groups excluding carboxylic acids is 1. The maximum absolute atomic E-state index is 12.4. The maximum atomic E-state index is 12.4. The molecule has 1 aliphatic carbocycles. The molecule has 0 aromatic heterocycles. The Hall–Kier alpha value is -1.35. The summed E-state index contributed by atoms with van der Waals surface area (Å²) in [5.41, 5.74) is -0.552. The van der Waals surface area contributed by atoms with Gasteiger partial charge in [0.05, 0.1) is 7.11 Å². The van der Waals surface area contributed by atoms with Crippen molar-refractivity contribution in [2.24, 2.45) is 5.92 Å². The van der Waals surface area contributed by atoms with Crippen molar-refractivity contribution in [3.63, 3.8) is 0 Å². The Kier molecular flexibility index (Phi) is 5.28. The zero-order valence-corrected chi connectivity index (χ0v) is 14.0. The number of aliphatic hydroxyl groups is 1. The first-order valence-corrected chi connectivity index (χ1v) is 8.26. The second kappa shape index (κ2) is 6.82. The molecule has 3 nitrogen and oxygen atoms in total. The van der Waals surface area contributed by atoms with Crippen molar-refractivity contribution >= 4 is 5.97 Å².